The standard InChI is InChI=1S/C28H33N3.2C26H28N2.C21H17N.C4H11N.9C2H6/c1-6-31-26-14-10-9-13-21(26)27-25(18-30(4)5)24(17-29(2)3)22-15-19-11-7-8-12-20(19)16-23(22)28(27)31;1-5-28-24-13-9-8-12-20(24)25-17(2)23(16-27(3)4)21-14-18-10-6-7-11-19(18)15-22(21)26(25)28;1-5-28-24-13-9-8-12-20(24)25-23(16-27(3)4)17(2)21-14-18-10-6-7-11-19(18)15-22(21)26(25)28;1-2-22-20-10-6-5-9-17(20)18-12-11-16-15-8-4-3-7-14(15)13-19(16)21(18)22;1-4-5(2)3;9*1-2/h7-14H,6,15-18H2,1-5H3;2*6-13H,5,14-16H2,1-4H3;3-12H,2,13H2,1H3;4H2,1-3H3;9*1-2H3. The molecule has 132 heavy (non-hydrogen) atoms. The molecule has 0 saturated carbocycles. The number of para-hydroxylation sites is 4. The van der Waals surface area contributed by atoms with Gasteiger partial charge < -0.3 is 42.8 Å². The van der Waals surface area contributed by atoms with E-state index in [1.54, 1.807) is 33.4 Å². The summed E-state index contributed by atoms with van der Waals surface area (Å²) >= 11 is 0. The number of nitrogens with zero attached hydrogens (tertiary/aromatic N) is 9. The molecule has 4 aliphatic carbocycles. The van der Waals surface area contributed by atoms with E-state index in [2.05, 4.69) is 368 Å². The largest absolute Gasteiger partial charge is 0.341 e. The Hall–Kier alpha value is -10.4. The number of hydrogen-bond donors (Lipinski definition) is 0. The summed E-state index contributed by atoms with van der Waals surface area (Å²) in [5.74, 6) is 0. The Labute approximate surface area is 800 Å². The molecule has 12 aromatic carbocycles. The van der Waals surface area contributed by atoms with Crippen molar-refractivity contribution in [1.29, 1.82) is 0 Å². The molecule has 0 aliphatic heterocycles. The van der Waals surface area contributed by atoms with Crippen molar-refractivity contribution in [2.45, 2.75) is 270 Å². The van der Waals surface area contributed by atoms with Gasteiger partial charge in [0.1, 0.15) is 0 Å². The minimum Gasteiger partial charge on any atom is -0.341 e. The summed E-state index contributed by atoms with van der Waals surface area (Å²) in [6, 6.07) is 76.1. The first-order chi connectivity index (χ1) is 64.3. The van der Waals surface area contributed by atoms with Crippen LogP contribution in [0, 0.1) is 13.8 Å². The van der Waals surface area contributed by atoms with Gasteiger partial charge in [0.25, 0.3) is 0 Å². The molecule has 4 aliphatic rings. The minimum absolute atomic E-state index is 0.965. The predicted molar refractivity (Wildman–Crippen MR) is 590 cm³/mol. The molecule has 9 nitrogen and oxygen atoms in total. The maximum atomic E-state index is 2.57. The Bertz CT molecular complexity index is 6340. The molecule has 0 spiro atoms. The third-order valence-corrected chi connectivity index (χ3v) is 25.4. The second kappa shape index (κ2) is 52.9. The molecule has 0 radical (unpaired) electrons. The highest BCUT2D eigenvalue weighted by molar-refractivity contribution is 6.15. The van der Waals surface area contributed by atoms with Crippen LogP contribution in [0.5, 0.6) is 0 Å². The zero-order valence-corrected chi connectivity index (χ0v) is 89.0. The van der Waals surface area contributed by atoms with Gasteiger partial charge in [-0.3, -0.25) is 0 Å². The first kappa shape index (κ1) is 109. The molecule has 0 bridgehead atoms. The summed E-state index contributed by atoms with van der Waals surface area (Å²) in [5, 5.41) is 11.4. The first-order valence-electron chi connectivity index (χ1n) is 51.0. The lowest BCUT2D eigenvalue weighted by atomic mass is 9.80. The van der Waals surface area contributed by atoms with Crippen molar-refractivity contribution < 1.29 is 0 Å². The van der Waals surface area contributed by atoms with Gasteiger partial charge in [-0.15, -0.1) is 0 Å². The second-order valence-electron chi connectivity index (χ2n) is 33.8. The summed E-state index contributed by atoms with van der Waals surface area (Å²) in [6.45, 7) is 61.0. The summed E-state index contributed by atoms with van der Waals surface area (Å²) in [4.78, 5) is 11.4. The van der Waals surface area contributed by atoms with Crippen LogP contribution >= 0.6 is 0 Å². The molecule has 0 unspecified atom stereocenters. The van der Waals surface area contributed by atoms with Crippen LogP contribution in [0.2, 0.25) is 0 Å². The Kier molecular flexibility index (Phi) is 43.6. The fraction of sp³-hybridized carbons (Fsp3) is 0.415. The Balaban J connectivity index is 0.000000224. The van der Waals surface area contributed by atoms with Crippen molar-refractivity contribution in [3.8, 4) is 11.1 Å². The van der Waals surface area contributed by atoms with E-state index in [0.29, 0.717) is 0 Å². The zero-order valence-electron chi connectivity index (χ0n) is 89.0. The molecular weight excluding hydrogens is 1600 g/mol. The van der Waals surface area contributed by atoms with Gasteiger partial charge in [-0.2, -0.15) is 0 Å². The molecule has 4 heterocycles. The molecule has 708 valence electrons. The molecule has 0 N–H and O–H groups in total. The molecular formula is C123H171N9. The number of benzene rings is 12. The van der Waals surface area contributed by atoms with Gasteiger partial charge in [0, 0.05) is 143 Å². The van der Waals surface area contributed by atoms with E-state index in [1.165, 1.54) is 176 Å². The molecule has 0 saturated heterocycles. The maximum Gasteiger partial charge on any atom is 0.0533 e. The average molecular weight is 1780 g/mol. The fourth-order valence-electron chi connectivity index (χ4n) is 20.2. The molecule has 4 aromatic heterocycles. The summed E-state index contributed by atoms with van der Waals surface area (Å²) in [7, 11) is 21.6. The van der Waals surface area contributed by atoms with Crippen LogP contribution in [0.15, 0.2) is 206 Å². The van der Waals surface area contributed by atoms with Gasteiger partial charge in [0.05, 0.1) is 22.1 Å². The van der Waals surface area contributed by atoms with Crippen molar-refractivity contribution in [2.24, 2.45) is 0 Å². The maximum absolute atomic E-state index is 2.57. The smallest absolute Gasteiger partial charge is 0.0533 e. The van der Waals surface area contributed by atoms with Crippen LogP contribution in [0.3, 0.4) is 0 Å². The first-order valence-corrected chi connectivity index (χ1v) is 51.0. The lowest BCUT2D eigenvalue weighted by Crippen LogP contribution is -2.22. The minimum atomic E-state index is 0.965. The lowest BCUT2D eigenvalue weighted by Gasteiger charge is -2.29. The van der Waals surface area contributed by atoms with Crippen molar-refractivity contribution in [3.63, 3.8) is 0 Å². The number of hydrogen-bond acceptors (Lipinski definition) is 5. The van der Waals surface area contributed by atoms with Crippen LogP contribution in [0.25, 0.3) is 98.4 Å². The van der Waals surface area contributed by atoms with Crippen LogP contribution in [-0.4, -0.2) is 120 Å². The highest BCUT2D eigenvalue weighted by Crippen LogP contribution is 2.48. The zero-order chi connectivity index (χ0) is 97.5. The van der Waals surface area contributed by atoms with Gasteiger partial charge >= 0.3 is 0 Å². The van der Waals surface area contributed by atoms with Gasteiger partial charge in [-0.05, 0) is 284 Å². The van der Waals surface area contributed by atoms with Crippen LogP contribution in [0.1, 0.15) is 271 Å². The average Bonchev–Trinajstić information content (AvgIpc) is 1.46. The molecule has 16 aromatic rings. The highest BCUT2D eigenvalue weighted by Gasteiger charge is 2.32. The topological polar surface area (TPSA) is 35.9 Å². The van der Waals surface area contributed by atoms with E-state index in [0.717, 1.165) is 104 Å². The highest BCUT2D eigenvalue weighted by atomic mass is 15.1. The lowest BCUT2D eigenvalue weighted by molar-refractivity contribution is 0.381. The van der Waals surface area contributed by atoms with Gasteiger partial charge in [0.15, 0.2) is 0 Å². The normalized spacial score (nSPS) is 11.7. The van der Waals surface area contributed by atoms with Crippen LogP contribution in [-0.2, 0) is 97.3 Å². The number of aromatic nitrogens is 4. The third kappa shape index (κ3) is 22.7. The summed E-state index contributed by atoms with van der Waals surface area (Å²) in [6.07, 6.45) is 7.31. The van der Waals surface area contributed by atoms with Gasteiger partial charge in [-0.1, -0.05) is 314 Å². The van der Waals surface area contributed by atoms with E-state index in [4.69, 9.17) is 0 Å². The van der Waals surface area contributed by atoms with E-state index in [9.17, 15) is 0 Å². The molecule has 0 atom stereocenters. The van der Waals surface area contributed by atoms with Crippen molar-refractivity contribution in [1.82, 2.24) is 42.8 Å². The summed E-state index contributed by atoms with van der Waals surface area (Å²) < 4.78 is 10.1. The van der Waals surface area contributed by atoms with E-state index in [-0.39, 0.29) is 0 Å². The monoisotopic (exact) mass is 1770 g/mol. The van der Waals surface area contributed by atoms with E-state index in [1.807, 2.05) is 125 Å². The fourth-order valence-corrected chi connectivity index (χ4v) is 20.2. The number of rotatable bonds is 13. The van der Waals surface area contributed by atoms with Crippen molar-refractivity contribution >= 4 is 87.2 Å². The van der Waals surface area contributed by atoms with E-state index < -0.39 is 0 Å². The molecule has 0 fully saturated rings. The molecule has 0 amide bonds. The second-order valence-corrected chi connectivity index (χ2v) is 33.8. The van der Waals surface area contributed by atoms with Crippen molar-refractivity contribution in [2.75, 3.05) is 77.0 Å². The number of fused-ring (bicyclic) bond motifs is 25. The quantitative estimate of drug-likeness (QED) is 0.115. The molecule has 20 rings (SSSR count). The van der Waals surface area contributed by atoms with Crippen molar-refractivity contribution in [3.05, 3.63) is 318 Å². The Morgan fingerprint density at radius 3 is 0.856 bits per heavy atom. The predicted octanol–water partition coefficient (Wildman–Crippen LogP) is 32.0. The Morgan fingerprint density at radius 1 is 0.212 bits per heavy atom. The summed E-state index contributed by atoms with van der Waals surface area (Å²) in [5.41, 5.74) is 44.4. The SMILES string of the molecule is CC.CC.CC.CC.CC.CC.CC.CC.CC.CCN(C)C.CCn1c2ccccc2c2c(C)c(CN(C)C)c3c(c21)Cc1ccccc1C3.CCn1c2ccccc2c2c(CN(C)C)c(C)c3c(c21)Cc1ccccc1C3.CCn1c2ccccc2c2c(CN(C)C)c(CN(C)C)c3c(c21)Cc1ccccc1C3.CCn1c2ccccc2c2ccc3c(c21)Cc1ccccc1-3. The number of aryl methyl sites for hydroxylation is 5. The van der Waals surface area contributed by atoms with E-state index >= 15 is 0 Å². The van der Waals surface area contributed by atoms with Crippen LogP contribution in [0.4, 0.5) is 0 Å². The third-order valence-electron chi connectivity index (χ3n) is 25.4. The van der Waals surface area contributed by atoms with Gasteiger partial charge in [0.2, 0.25) is 0 Å². The van der Waals surface area contributed by atoms with Gasteiger partial charge in [-0.25, -0.2) is 0 Å². The Morgan fingerprint density at radius 2 is 0.477 bits per heavy atom. The van der Waals surface area contributed by atoms with Crippen LogP contribution < -0.4 is 0 Å². The molecule has 9 heteroatoms.